The maximum Gasteiger partial charge on any atom is 0.170 e. The zero-order valence-corrected chi connectivity index (χ0v) is 12.1. The van der Waals surface area contributed by atoms with Crippen LogP contribution in [0.5, 0.6) is 0 Å². The number of nitrogens with one attached hydrogen (secondary N) is 2. The van der Waals surface area contributed by atoms with Crippen molar-refractivity contribution in [2.45, 2.75) is 0 Å². The SMILES string of the molecule is CN(C)CCNC(=S)Nc1cc(Cl)cc(Cl)c1. The molecule has 6 heteroatoms. The van der Waals surface area contributed by atoms with Gasteiger partial charge >= 0.3 is 0 Å². The largest absolute Gasteiger partial charge is 0.361 e. The summed E-state index contributed by atoms with van der Waals surface area (Å²) >= 11 is 16.9. The maximum absolute atomic E-state index is 5.88. The Hall–Kier alpha value is -0.550. The molecule has 0 saturated heterocycles. The monoisotopic (exact) mass is 291 g/mol. The Morgan fingerprint density at radius 1 is 1.24 bits per heavy atom. The average Bonchev–Trinajstić information content (AvgIpc) is 2.14. The van der Waals surface area contributed by atoms with Gasteiger partial charge in [0, 0.05) is 28.8 Å². The predicted molar refractivity (Wildman–Crippen MR) is 79.2 cm³/mol. The Morgan fingerprint density at radius 2 is 1.82 bits per heavy atom. The Morgan fingerprint density at radius 3 is 2.35 bits per heavy atom. The maximum atomic E-state index is 5.88. The van der Waals surface area contributed by atoms with Gasteiger partial charge in [0.2, 0.25) is 0 Å². The first-order chi connectivity index (χ1) is 7.97. The lowest BCUT2D eigenvalue weighted by Crippen LogP contribution is -2.34. The molecule has 0 bridgehead atoms. The van der Waals surface area contributed by atoms with E-state index in [0.29, 0.717) is 15.2 Å². The first-order valence-electron chi connectivity index (χ1n) is 5.13. The molecule has 2 N–H and O–H groups in total. The van der Waals surface area contributed by atoms with Crippen molar-refractivity contribution in [2.75, 3.05) is 32.5 Å². The molecule has 1 rings (SSSR count). The lowest BCUT2D eigenvalue weighted by molar-refractivity contribution is 0.413. The lowest BCUT2D eigenvalue weighted by atomic mass is 10.3. The van der Waals surface area contributed by atoms with Crippen molar-refractivity contribution >= 4 is 46.2 Å². The van der Waals surface area contributed by atoms with E-state index in [2.05, 4.69) is 15.5 Å². The lowest BCUT2D eigenvalue weighted by Gasteiger charge is -2.13. The quantitative estimate of drug-likeness (QED) is 0.835. The van der Waals surface area contributed by atoms with Crippen LogP contribution in [0.4, 0.5) is 5.69 Å². The van der Waals surface area contributed by atoms with Crippen LogP contribution in [0.25, 0.3) is 0 Å². The fourth-order valence-corrected chi connectivity index (χ4v) is 1.94. The van der Waals surface area contributed by atoms with E-state index in [9.17, 15) is 0 Å². The Balaban J connectivity index is 2.45. The van der Waals surface area contributed by atoms with Crippen molar-refractivity contribution in [2.24, 2.45) is 0 Å². The second-order valence-electron chi connectivity index (χ2n) is 3.84. The molecule has 0 fully saturated rings. The highest BCUT2D eigenvalue weighted by Crippen LogP contribution is 2.22. The van der Waals surface area contributed by atoms with Gasteiger partial charge in [-0.1, -0.05) is 23.2 Å². The van der Waals surface area contributed by atoms with Crippen LogP contribution in [-0.2, 0) is 0 Å². The number of thiocarbonyl (C=S) groups is 1. The fourth-order valence-electron chi connectivity index (χ4n) is 1.19. The van der Waals surface area contributed by atoms with Crippen molar-refractivity contribution in [1.29, 1.82) is 0 Å². The van der Waals surface area contributed by atoms with Crippen LogP contribution in [0.2, 0.25) is 10.0 Å². The van der Waals surface area contributed by atoms with Crippen LogP contribution in [0.1, 0.15) is 0 Å². The molecule has 0 heterocycles. The van der Waals surface area contributed by atoms with Gasteiger partial charge in [-0.05, 0) is 44.5 Å². The van der Waals surface area contributed by atoms with E-state index in [1.165, 1.54) is 0 Å². The molecule has 0 radical (unpaired) electrons. The van der Waals surface area contributed by atoms with Crippen LogP contribution in [0.15, 0.2) is 18.2 Å². The Kier molecular flexibility index (Phi) is 5.98. The van der Waals surface area contributed by atoms with Crippen molar-refractivity contribution in [1.82, 2.24) is 10.2 Å². The van der Waals surface area contributed by atoms with E-state index in [4.69, 9.17) is 35.4 Å². The van der Waals surface area contributed by atoms with Crippen LogP contribution in [0.3, 0.4) is 0 Å². The minimum Gasteiger partial charge on any atom is -0.361 e. The van der Waals surface area contributed by atoms with Crippen LogP contribution < -0.4 is 10.6 Å². The van der Waals surface area contributed by atoms with Crippen LogP contribution >= 0.6 is 35.4 Å². The number of anilines is 1. The molecule has 0 aliphatic heterocycles. The van der Waals surface area contributed by atoms with E-state index in [1.807, 2.05) is 14.1 Å². The molecule has 0 amide bonds. The van der Waals surface area contributed by atoms with Crippen molar-refractivity contribution in [3.8, 4) is 0 Å². The van der Waals surface area contributed by atoms with Gasteiger partial charge in [-0.2, -0.15) is 0 Å². The number of halogens is 2. The summed E-state index contributed by atoms with van der Waals surface area (Å²) in [7, 11) is 4.02. The zero-order chi connectivity index (χ0) is 12.8. The van der Waals surface area contributed by atoms with E-state index >= 15 is 0 Å². The second kappa shape index (κ2) is 7.01. The summed E-state index contributed by atoms with van der Waals surface area (Å²) in [6, 6.07) is 5.22. The summed E-state index contributed by atoms with van der Waals surface area (Å²) in [4.78, 5) is 2.08. The fraction of sp³-hybridized carbons (Fsp3) is 0.364. The van der Waals surface area contributed by atoms with Crippen molar-refractivity contribution in [3.05, 3.63) is 28.2 Å². The smallest absolute Gasteiger partial charge is 0.170 e. The first kappa shape index (κ1) is 14.5. The number of likely N-dealkylation sites (N-methyl/N-ethyl adjacent to an activating group) is 1. The van der Waals surface area contributed by atoms with E-state index < -0.39 is 0 Å². The number of hydrogen-bond donors (Lipinski definition) is 2. The molecule has 0 spiro atoms. The highest BCUT2D eigenvalue weighted by atomic mass is 35.5. The standard InChI is InChI=1S/C11H15Cl2N3S/c1-16(2)4-3-14-11(17)15-10-6-8(12)5-9(13)7-10/h5-7H,3-4H2,1-2H3,(H2,14,15,17). The van der Waals surface area contributed by atoms with Crippen molar-refractivity contribution < 1.29 is 0 Å². The Labute approximate surface area is 117 Å². The third kappa shape index (κ3) is 6.07. The molecule has 1 aromatic carbocycles. The summed E-state index contributed by atoms with van der Waals surface area (Å²) in [6.45, 7) is 1.70. The molecule has 0 atom stereocenters. The summed E-state index contributed by atoms with van der Waals surface area (Å²) in [5.41, 5.74) is 0.782. The minimum atomic E-state index is 0.560. The van der Waals surface area contributed by atoms with Crippen molar-refractivity contribution in [3.63, 3.8) is 0 Å². The molecule has 17 heavy (non-hydrogen) atoms. The molecule has 0 aliphatic rings. The molecular weight excluding hydrogens is 277 g/mol. The molecule has 1 aromatic rings. The third-order valence-corrected chi connectivity index (χ3v) is 2.65. The topological polar surface area (TPSA) is 27.3 Å². The van der Waals surface area contributed by atoms with Gasteiger partial charge in [0.05, 0.1) is 0 Å². The summed E-state index contributed by atoms with van der Waals surface area (Å²) in [5.74, 6) is 0. The van der Waals surface area contributed by atoms with Gasteiger partial charge in [-0.15, -0.1) is 0 Å². The molecule has 94 valence electrons. The molecule has 3 nitrogen and oxygen atoms in total. The van der Waals surface area contributed by atoms with Gasteiger partial charge < -0.3 is 15.5 Å². The normalized spacial score (nSPS) is 10.4. The molecule has 0 aromatic heterocycles. The van der Waals surface area contributed by atoms with Gasteiger partial charge in [0.1, 0.15) is 0 Å². The Bertz CT molecular complexity index is 376. The first-order valence-corrected chi connectivity index (χ1v) is 6.29. The second-order valence-corrected chi connectivity index (χ2v) is 5.12. The zero-order valence-electron chi connectivity index (χ0n) is 9.76. The van der Waals surface area contributed by atoms with E-state index in [1.54, 1.807) is 18.2 Å². The average molecular weight is 292 g/mol. The predicted octanol–water partition coefficient (Wildman–Crippen LogP) is 2.84. The van der Waals surface area contributed by atoms with E-state index in [0.717, 1.165) is 18.8 Å². The van der Waals surface area contributed by atoms with Gasteiger partial charge in [0.15, 0.2) is 5.11 Å². The van der Waals surface area contributed by atoms with Crippen LogP contribution in [-0.4, -0.2) is 37.2 Å². The van der Waals surface area contributed by atoms with Gasteiger partial charge in [0.25, 0.3) is 0 Å². The third-order valence-electron chi connectivity index (χ3n) is 1.96. The van der Waals surface area contributed by atoms with Crippen LogP contribution in [0, 0.1) is 0 Å². The number of benzene rings is 1. The number of hydrogen-bond acceptors (Lipinski definition) is 2. The molecule has 0 saturated carbocycles. The van der Waals surface area contributed by atoms with Gasteiger partial charge in [-0.25, -0.2) is 0 Å². The number of nitrogens with zero attached hydrogens (tertiary/aromatic N) is 1. The number of rotatable bonds is 4. The molecule has 0 aliphatic carbocycles. The highest BCUT2D eigenvalue weighted by Gasteiger charge is 2.00. The molecule has 0 unspecified atom stereocenters. The molecular formula is C11H15Cl2N3S. The summed E-state index contributed by atoms with van der Waals surface area (Å²) < 4.78 is 0. The summed E-state index contributed by atoms with van der Waals surface area (Å²) in [6.07, 6.45) is 0. The minimum absolute atomic E-state index is 0.560. The highest BCUT2D eigenvalue weighted by molar-refractivity contribution is 7.80. The van der Waals surface area contributed by atoms with E-state index in [-0.39, 0.29) is 0 Å². The van der Waals surface area contributed by atoms with Gasteiger partial charge in [-0.3, -0.25) is 0 Å². The summed E-state index contributed by atoms with van der Waals surface area (Å²) in [5, 5.41) is 7.84.